The number of aryl methyl sites for hydroxylation is 1. The molecule has 372 valence electrons. The third kappa shape index (κ3) is 7.59. The number of fused-ring (bicyclic) bond motifs is 4. The Kier molecular flexibility index (Phi) is 10.8. The summed E-state index contributed by atoms with van der Waals surface area (Å²) in [5.74, 6) is -1.19. The van der Waals surface area contributed by atoms with Gasteiger partial charge in [-0.05, 0) is 116 Å². The summed E-state index contributed by atoms with van der Waals surface area (Å²) in [5, 5.41) is 16.3. The van der Waals surface area contributed by atoms with Crippen LogP contribution in [-0.2, 0) is 42.6 Å². The Bertz CT molecular complexity index is 3190. The number of aliphatic hydroxyl groups excluding tert-OH is 1. The molecule has 9 heterocycles. The number of aromatic nitrogens is 4. The highest BCUT2D eigenvalue weighted by molar-refractivity contribution is 6.23. The number of aliphatic hydroxyl groups is 1. The first-order chi connectivity index (χ1) is 34.6. The van der Waals surface area contributed by atoms with Gasteiger partial charge < -0.3 is 29.4 Å². The second-order valence-corrected chi connectivity index (χ2v) is 21.8. The normalized spacial score (nSPS) is 24.7. The summed E-state index contributed by atoms with van der Waals surface area (Å²) in [7, 11) is 1.69. The number of hydrogen-bond acceptors (Lipinski definition) is 13. The molecule has 1 spiro atoms. The average molecular weight is 974 g/mol. The van der Waals surface area contributed by atoms with E-state index >= 15 is 0 Å². The molecule has 2 aliphatic carbocycles. The van der Waals surface area contributed by atoms with Crippen molar-refractivity contribution in [2.45, 2.75) is 97.0 Å². The van der Waals surface area contributed by atoms with Crippen LogP contribution in [0.15, 0.2) is 71.9 Å². The summed E-state index contributed by atoms with van der Waals surface area (Å²) in [4.78, 5) is 97.9. The van der Waals surface area contributed by atoms with Crippen LogP contribution in [0.5, 0.6) is 0 Å². The van der Waals surface area contributed by atoms with Gasteiger partial charge in [-0.15, -0.1) is 0 Å². The standard InChI is InChI=1S/C54H59N11O7/c1-31-24-54(27-44(54)61-17-15-60(16-18-61)34-5-7-37-38(23-34)50(70)65(49(37)69)41-8-10-46(67)58-48(41)68)12-14-62(31)35-6-9-45(56-28-35)57-40-21-33(29-59(4)51(40)71)36-11-13-55-47(39(36)30-66)64-20-19-63-42(52(64)72)22-32-25-53(2,3)26-43(32)63/h5-7,9,11,13,21-23,28-29,31,41,44,66H,8,10,12,14-20,24-27,30H2,1-4H3,(H,56,57)(H,58,67,68)/t31-,41?,44+,54-/m0/s1. The maximum Gasteiger partial charge on any atom is 0.276 e. The van der Waals surface area contributed by atoms with Crippen LogP contribution in [0.2, 0.25) is 0 Å². The van der Waals surface area contributed by atoms with Crippen molar-refractivity contribution in [2.24, 2.45) is 17.9 Å². The zero-order valence-electron chi connectivity index (χ0n) is 41.1. The average Bonchev–Trinajstić information content (AvgIpc) is 3.68. The van der Waals surface area contributed by atoms with Crippen LogP contribution >= 0.6 is 0 Å². The number of benzene rings is 1. The zero-order chi connectivity index (χ0) is 50.0. The molecule has 3 saturated heterocycles. The van der Waals surface area contributed by atoms with Gasteiger partial charge in [-0.3, -0.25) is 48.8 Å². The minimum atomic E-state index is -0.987. The molecule has 3 N–H and O–H groups in total. The molecule has 7 aliphatic rings. The number of pyridine rings is 3. The van der Waals surface area contributed by atoms with E-state index in [4.69, 9.17) is 4.98 Å². The summed E-state index contributed by atoms with van der Waals surface area (Å²) in [6.45, 7) is 11.8. The van der Waals surface area contributed by atoms with Gasteiger partial charge in [0.05, 0.1) is 29.6 Å². The topological polar surface area (TPSA) is 199 Å². The van der Waals surface area contributed by atoms with Gasteiger partial charge in [0.1, 0.15) is 29.1 Å². The Hall–Kier alpha value is -7.18. The monoisotopic (exact) mass is 973 g/mol. The largest absolute Gasteiger partial charge is 0.392 e. The number of piperidine rings is 2. The van der Waals surface area contributed by atoms with E-state index in [-0.39, 0.29) is 47.3 Å². The second kappa shape index (κ2) is 17.0. The molecule has 72 heavy (non-hydrogen) atoms. The van der Waals surface area contributed by atoms with E-state index in [0.717, 1.165) is 81.1 Å². The van der Waals surface area contributed by atoms with Gasteiger partial charge in [-0.2, -0.15) is 0 Å². The van der Waals surface area contributed by atoms with E-state index in [9.17, 15) is 33.9 Å². The van der Waals surface area contributed by atoms with Crippen molar-refractivity contribution >= 4 is 58.2 Å². The Morgan fingerprint density at radius 1 is 0.819 bits per heavy atom. The van der Waals surface area contributed by atoms with Crippen molar-refractivity contribution in [2.75, 3.05) is 59.3 Å². The SMILES string of the molecule is C[C@H]1C[C@@]2(CCN1c1ccc(Nc3cc(-c4ccnc(N5CCn6c(cc7c6CC(C)(C)C7)C5=O)c4CO)cn(C)c3=O)nc1)C[C@H]2N1CCN(c2ccc3c(c2)C(=O)N(C2CCC(=O)NC2=O)C3=O)CC1. The molecule has 1 saturated carbocycles. The molecule has 5 amide bonds. The Balaban J connectivity index is 0.673. The fraction of sp³-hybridized carbons (Fsp3) is 0.444. The Morgan fingerprint density at radius 2 is 1.61 bits per heavy atom. The van der Waals surface area contributed by atoms with Gasteiger partial charge in [0, 0.05) is 106 Å². The quantitative estimate of drug-likeness (QED) is 0.173. The van der Waals surface area contributed by atoms with Crippen molar-refractivity contribution < 1.29 is 29.1 Å². The van der Waals surface area contributed by atoms with Crippen LogP contribution in [0.1, 0.15) is 101 Å². The lowest BCUT2D eigenvalue weighted by molar-refractivity contribution is -0.136. The molecule has 0 radical (unpaired) electrons. The van der Waals surface area contributed by atoms with Crippen LogP contribution in [0.3, 0.4) is 0 Å². The molecule has 18 heteroatoms. The summed E-state index contributed by atoms with van der Waals surface area (Å²) in [5.41, 5.74) is 8.03. The van der Waals surface area contributed by atoms with Crippen molar-refractivity contribution in [1.29, 1.82) is 0 Å². The number of imide groups is 2. The van der Waals surface area contributed by atoms with Crippen LogP contribution < -0.4 is 30.9 Å². The number of rotatable bonds is 9. The highest BCUT2D eigenvalue weighted by Gasteiger charge is 2.59. The fourth-order valence-corrected chi connectivity index (χ4v) is 13.0. The lowest BCUT2D eigenvalue weighted by Crippen LogP contribution is -2.54. The number of nitrogens with zero attached hydrogens (tertiary/aromatic N) is 9. The van der Waals surface area contributed by atoms with Crippen molar-refractivity contribution in [3.63, 3.8) is 0 Å². The first-order valence-electron chi connectivity index (χ1n) is 25.3. The summed E-state index contributed by atoms with van der Waals surface area (Å²) >= 11 is 0. The van der Waals surface area contributed by atoms with Gasteiger partial charge >= 0.3 is 0 Å². The summed E-state index contributed by atoms with van der Waals surface area (Å²) in [6.07, 6.45) is 10.6. The molecule has 4 fully saturated rings. The van der Waals surface area contributed by atoms with Crippen molar-refractivity contribution in [3.8, 4) is 11.1 Å². The molecule has 1 aromatic carbocycles. The van der Waals surface area contributed by atoms with Gasteiger partial charge in [0.25, 0.3) is 23.3 Å². The number of nitrogens with one attached hydrogen (secondary N) is 2. The summed E-state index contributed by atoms with van der Waals surface area (Å²) in [6, 6.07) is 14.7. The Labute approximate surface area is 416 Å². The van der Waals surface area contributed by atoms with Crippen LogP contribution in [0.25, 0.3) is 11.1 Å². The maximum atomic E-state index is 14.0. The molecule has 18 nitrogen and oxygen atoms in total. The first-order valence-corrected chi connectivity index (χ1v) is 25.3. The van der Waals surface area contributed by atoms with Gasteiger partial charge in [0.2, 0.25) is 11.8 Å². The second-order valence-electron chi connectivity index (χ2n) is 21.8. The molecule has 5 aliphatic heterocycles. The number of hydrogen-bond donors (Lipinski definition) is 3. The highest BCUT2D eigenvalue weighted by Crippen LogP contribution is 2.58. The van der Waals surface area contributed by atoms with Gasteiger partial charge in [0.15, 0.2) is 0 Å². The predicted octanol–water partition coefficient (Wildman–Crippen LogP) is 4.64. The number of anilines is 5. The fourth-order valence-electron chi connectivity index (χ4n) is 13.0. The van der Waals surface area contributed by atoms with E-state index in [0.29, 0.717) is 70.4 Å². The van der Waals surface area contributed by atoms with Crippen LogP contribution in [0, 0.1) is 10.8 Å². The number of carbonyl (C=O) groups is 5. The third-order valence-electron chi connectivity index (χ3n) is 16.7. The van der Waals surface area contributed by atoms with E-state index in [1.54, 1.807) is 42.5 Å². The van der Waals surface area contributed by atoms with Crippen LogP contribution in [0.4, 0.5) is 28.7 Å². The van der Waals surface area contributed by atoms with E-state index in [1.807, 2.05) is 30.5 Å². The van der Waals surface area contributed by atoms with Crippen molar-refractivity contribution in [3.05, 3.63) is 111 Å². The minimum absolute atomic E-state index is 0.0826. The van der Waals surface area contributed by atoms with E-state index in [1.165, 1.54) is 15.8 Å². The van der Waals surface area contributed by atoms with E-state index in [2.05, 4.69) is 61.7 Å². The highest BCUT2D eigenvalue weighted by atomic mass is 16.3. The van der Waals surface area contributed by atoms with E-state index < -0.39 is 29.7 Å². The number of carbonyl (C=O) groups excluding carboxylic acids is 5. The summed E-state index contributed by atoms with van der Waals surface area (Å²) < 4.78 is 3.67. The molecule has 12 rings (SSSR count). The first kappa shape index (κ1) is 45.9. The number of piperazine rings is 1. The molecule has 0 bridgehead atoms. The zero-order valence-corrected chi connectivity index (χ0v) is 41.1. The van der Waals surface area contributed by atoms with Gasteiger partial charge in [-0.25, -0.2) is 9.97 Å². The molecule has 4 atom stereocenters. The molecular weight excluding hydrogens is 915 g/mol. The lowest BCUT2D eigenvalue weighted by atomic mass is 9.87. The molecule has 1 unspecified atom stereocenters. The number of amides is 5. The molecule has 4 aromatic heterocycles. The predicted molar refractivity (Wildman–Crippen MR) is 269 cm³/mol. The van der Waals surface area contributed by atoms with Crippen molar-refractivity contribution in [1.82, 2.24) is 34.2 Å². The van der Waals surface area contributed by atoms with Crippen LogP contribution in [-0.4, -0.2) is 121 Å². The smallest absolute Gasteiger partial charge is 0.276 e. The Morgan fingerprint density at radius 3 is 2.36 bits per heavy atom. The molecule has 5 aromatic rings. The van der Waals surface area contributed by atoms with Gasteiger partial charge in [-0.1, -0.05) is 13.8 Å². The lowest BCUT2D eigenvalue weighted by Gasteiger charge is -2.42. The maximum absolute atomic E-state index is 14.0. The minimum Gasteiger partial charge on any atom is -0.392 e. The third-order valence-corrected chi connectivity index (χ3v) is 16.7. The molecular formula is C54H59N11O7.